The van der Waals surface area contributed by atoms with Crippen molar-refractivity contribution in [2.24, 2.45) is 0 Å². The minimum atomic E-state index is 0.608. The van der Waals surface area contributed by atoms with Crippen LogP contribution in [0.1, 0.15) is 5.56 Å². The number of hydrogen-bond donors (Lipinski definition) is 1. The molecule has 1 saturated heterocycles. The van der Waals surface area contributed by atoms with E-state index in [0.717, 1.165) is 12.2 Å². The topological polar surface area (TPSA) is 35.8 Å². The van der Waals surface area contributed by atoms with Crippen molar-refractivity contribution < 1.29 is 0 Å². The van der Waals surface area contributed by atoms with Crippen molar-refractivity contribution in [1.29, 1.82) is 5.26 Å². The van der Waals surface area contributed by atoms with Gasteiger partial charge in [-0.25, -0.2) is 0 Å². The zero-order chi connectivity index (χ0) is 12.1. The first kappa shape index (κ1) is 12.9. The van der Waals surface area contributed by atoms with E-state index in [0.29, 0.717) is 15.8 Å². The molecule has 0 aromatic heterocycles. The Morgan fingerprint density at radius 2 is 2.35 bits per heavy atom. The molecule has 1 aromatic rings. The Hall–Kier alpha value is -0.500. The first-order valence-corrected chi connectivity index (χ1v) is 8.01. The molecule has 0 spiro atoms. The fraction of sp³-hybridized carbons (Fsp3) is 0.417. The zero-order valence-electron chi connectivity index (χ0n) is 9.28. The van der Waals surface area contributed by atoms with E-state index in [1.807, 2.05) is 29.6 Å². The van der Waals surface area contributed by atoms with Gasteiger partial charge in [0.25, 0.3) is 0 Å². The van der Waals surface area contributed by atoms with Crippen LogP contribution < -0.4 is 5.32 Å². The molecule has 0 bridgehead atoms. The van der Waals surface area contributed by atoms with Gasteiger partial charge in [-0.3, -0.25) is 0 Å². The molecule has 1 fully saturated rings. The molecular weight excluding hydrogens is 272 g/mol. The Kier molecular flexibility index (Phi) is 4.90. The van der Waals surface area contributed by atoms with Gasteiger partial charge in [-0.15, -0.1) is 0 Å². The third-order valence-corrected chi connectivity index (χ3v) is 5.69. The van der Waals surface area contributed by atoms with E-state index in [9.17, 15) is 0 Å². The SMILES string of the molecule is N#Cc1cccc(Cl)c1NCC1CSCCS1. The summed E-state index contributed by atoms with van der Waals surface area (Å²) in [4.78, 5) is 0. The molecule has 0 saturated carbocycles. The van der Waals surface area contributed by atoms with Crippen LogP contribution in [0.15, 0.2) is 18.2 Å². The number of nitriles is 1. The Balaban J connectivity index is 2.00. The van der Waals surface area contributed by atoms with Crippen molar-refractivity contribution in [3.8, 4) is 6.07 Å². The monoisotopic (exact) mass is 284 g/mol. The fourth-order valence-electron chi connectivity index (χ4n) is 1.67. The lowest BCUT2D eigenvalue weighted by molar-refractivity contribution is 1.00. The standard InChI is InChI=1S/C12H13ClN2S2/c13-11-3-1-2-9(6-14)12(11)15-7-10-8-16-4-5-17-10/h1-3,10,15H,4-5,7-8H2. The van der Waals surface area contributed by atoms with Gasteiger partial charge in [-0.05, 0) is 12.1 Å². The minimum Gasteiger partial charge on any atom is -0.382 e. The lowest BCUT2D eigenvalue weighted by Crippen LogP contribution is -2.23. The van der Waals surface area contributed by atoms with Crippen LogP contribution in [0.5, 0.6) is 0 Å². The number of para-hydroxylation sites is 1. The highest BCUT2D eigenvalue weighted by Gasteiger charge is 2.15. The Bertz CT molecular complexity index is 425. The first-order valence-electron chi connectivity index (χ1n) is 5.43. The molecule has 0 aliphatic carbocycles. The highest BCUT2D eigenvalue weighted by Crippen LogP contribution is 2.28. The fourth-order valence-corrected chi connectivity index (χ4v) is 4.52. The molecule has 5 heteroatoms. The number of hydrogen-bond acceptors (Lipinski definition) is 4. The molecule has 0 amide bonds. The molecule has 90 valence electrons. The molecule has 1 aromatic carbocycles. The summed E-state index contributed by atoms with van der Waals surface area (Å²) in [7, 11) is 0. The second-order valence-electron chi connectivity index (χ2n) is 3.72. The lowest BCUT2D eigenvalue weighted by Gasteiger charge is -2.22. The minimum absolute atomic E-state index is 0.608. The number of nitrogens with zero attached hydrogens (tertiary/aromatic N) is 1. The van der Waals surface area contributed by atoms with Crippen LogP contribution in [0.3, 0.4) is 0 Å². The van der Waals surface area contributed by atoms with Gasteiger partial charge in [-0.1, -0.05) is 17.7 Å². The summed E-state index contributed by atoms with van der Waals surface area (Å²) in [6.07, 6.45) is 0. The van der Waals surface area contributed by atoms with Crippen molar-refractivity contribution in [2.45, 2.75) is 5.25 Å². The molecular formula is C12H13ClN2S2. The van der Waals surface area contributed by atoms with Crippen LogP contribution >= 0.6 is 35.1 Å². The molecule has 1 aliphatic heterocycles. The Morgan fingerprint density at radius 1 is 1.47 bits per heavy atom. The van der Waals surface area contributed by atoms with Gasteiger partial charge in [0.2, 0.25) is 0 Å². The molecule has 2 rings (SSSR count). The largest absolute Gasteiger partial charge is 0.382 e. The highest BCUT2D eigenvalue weighted by atomic mass is 35.5. The second kappa shape index (κ2) is 6.44. The van der Waals surface area contributed by atoms with Gasteiger partial charge in [0.05, 0.1) is 16.3 Å². The van der Waals surface area contributed by atoms with Crippen molar-refractivity contribution in [1.82, 2.24) is 0 Å². The molecule has 1 atom stereocenters. The van der Waals surface area contributed by atoms with Crippen molar-refractivity contribution in [3.05, 3.63) is 28.8 Å². The maximum Gasteiger partial charge on any atom is 0.101 e. The average molecular weight is 285 g/mol. The Labute approximate surface area is 115 Å². The lowest BCUT2D eigenvalue weighted by atomic mass is 10.2. The van der Waals surface area contributed by atoms with Crippen molar-refractivity contribution >= 4 is 40.8 Å². The highest BCUT2D eigenvalue weighted by molar-refractivity contribution is 8.06. The average Bonchev–Trinajstić information content (AvgIpc) is 2.38. The van der Waals surface area contributed by atoms with E-state index in [-0.39, 0.29) is 0 Å². The van der Waals surface area contributed by atoms with Gasteiger partial charge in [-0.2, -0.15) is 28.8 Å². The quantitative estimate of drug-likeness (QED) is 0.922. The number of halogens is 1. The van der Waals surface area contributed by atoms with Crippen molar-refractivity contribution in [3.63, 3.8) is 0 Å². The van der Waals surface area contributed by atoms with Gasteiger partial charge in [0, 0.05) is 29.1 Å². The summed E-state index contributed by atoms with van der Waals surface area (Å²) < 4.78 is 0. The molecule has 17 heavy (non-hydrogen) atoms. The summed E-state index contributed by atoms with van der Waals surface area (Å²) in [6, 6.07) is 7.57. The normalized spacial score (nSPS) is 19.6. The number of nitrogens with one attached hydrogen (secondary N) is 1. The number of thioether (sulfide) groups is 2. The third-order valence-electron chi connectivity index (χ3n) is 2.53. The van der Waals surface area contributed by atoms with Crippen LogP contribution in [-0.4, -0.2) is 29.1 Å². The first-order chi connectivity index (χ1) is 8.31. The maximum absolute atomic E-state index is 9.02. The van der Waals surface area contributed by atoms with E-state index in [4.69, 9.17) is 16.9 Å². The van der Waals surface area contributed by atoms with Crippen LogP contribution in [0.4, 0.5) is 5.69 Å². The predicted molar refractivity (Wildman–Crippen MR) is 78.2 cm³/mol. The van der Waals surface area contributed by atoms with E-state index in [2.05, 4.69) is 11.4 Å². The molecule has 1 aliphatic rings. The third kappa shape index (κ3) is 3.48. The summed E-state index contributed by atoms with van der Waals surface area (Å²) in [5, 5.41) is 13.6. The van der Waals surface area contributed by atoms with Gasteiger partial charge < -0.3 is 5.32 Å². The summed E-state index contributed by atoms with van der Waals surface area (Å²) in [5.41, 5.74) is 1.39. The zero-order valence-corrected chi connectivity index (χ0v) is 11.7. The molecule has 1 N–H and O–H groups in total. The summed E-state index contributed by atoms with van der Waals surface area (Å²) in [6.45, 7) is 0.871. The Morgan fingerprint density at radius 3 is 3.06 bits per heavy atom. The van der Waals surface area contributed by atoms with E-state index in [1.165, 1.54) is 17.3 Å². The summed E-state index contributed by atoms with van der Waals surface area (Å²) in [5.74, 6) is 3.63. The van der Waals surface area contributed by atoms with Crippen LogP contribution in [0, 0.1) is 11.3 Å². The van der Waals surface area contributed by atoms with E-state index < -0.39 is 0 Å². The van der Waals surface area contributed by atoms with Gasteiger partial charge >= 0.3 is 0 Å². The number of benzene rings is 1. The van der Waals surface area contributed by atoms with Crippen LogP contribution in [0.2, 0.25) is 5.02 Å². The molecule has 0 radical (unpaired) electrons. The predicted octanol–water partition coefficient (Wildman–Crippen LogP) is 3.47. The second-order valence-corrected chi connectivity index (χ2v) is 6.69. The van der Waals surface area contributed by atoms with Crippen LogP contribution in [0.25, 0.3) is 0 Å². The number of anilines is 1. The van der Waals surface area contributed by atoms with Crippen molar-refractivity contribution in [2.75, 3.05) is 29.1 Å². The molecule has 1 heterocycles. The van der Waals surface area contributed by atoms with Gasteiger partial charge in [0.1, 0.15) is 6.07 Å². The molecule has 2 nitrogen and oxygen atoms in total. The van der Waals surface area contributed by atoms with Crippen LogP contribution in [-0.2, 0) is 0 Å². The number of rotatable bonds is 3. The summed E-state index contributed by atoms with van der Waals surface area (Å²) >= 11 is 10.1. The maximum atomic E-state index is 9.02. The molecule has 1 unspecified atom stereocenters. The smallest absolute Gasteiger partial charge is 0.101 e. The van der Waals surface area contributed by atoms with E-state index >= 15 is 0 Å². The van der Waals surface area contributed by atoms with E-state index in [1.54, 1.807) is 12.1 Å². The van der Waals surface area contributed by atoms with Gasteiger partial charge in [0.15, 0.2) is 0 Å².